The van der Waals surface area contributed by atoms with Gasteiger partial charge in [0.15, 0.2) is 4.90 Å². The summed E-state index contributed by atoms with van der Waals surface area (Å²) in [5.74, 6) is -2.16. The Morgan fingerprint density at radius 1 is 0.952 bits per heavy atom. The van der Waals surface area contributed by atoms with E-state index in [1.165, 1.54) is 0 Å². The minimum absolute atomic E-state index is 0.0629. The van der Waals surface area contributed by atoms with E-state index < -0.39 is 26.6 Å². The van der Waals surface area contributed by atoms with Crippen LogP contribution >= 0.6 is 0 Å². The Hall–Kier alpha value is -1.79. The van der Waals surface area contributed by atoms with Gasteiger partial charge in [-0.2, -0.15) is 4.31 Å². The van der Waals surface area contributed by atoms with Crippen LogP contribution in [0.5, 0.6) is 0 Å². The van der Waals surface area contributed by atoms with Crippen LogP contribution in [0.3, 0.4) is 0 Å². The average Bonchev–Trinajstić information content (AvgIpc) is 2.45. The lowest BCUT2D eigenvalue weighted by Crippen LogP contribution is -2.31. The van der Waals surface area contributed by atoms with Gasteiger partial charge in [-0.3, -0.25) is 0 Å². The van der Waals surface area contributed by atoms with Crippen LogP contribution in [0.1, 0.15) is 12.5 Å². The molecule has 0 aliphatic heterocycles. The van der Waals surface area contributed by atoms with Crippen molar-refractivity contribution in [2.24, 2.45) is 0 Å². The van der Waals surface area contributed by atoms with Gasteiger partial charge in [-0.05, 0) is 17.7 Å². The SMILES string of the molecule is CCN(Cc1ccccc1)S(=O)(=O)c1c(F)cccc1F. The third kappa shape index (κ3) is 3.28. The molecule has 0 radical (unpaired) electrons. The van der Waals surface area contributed by atoms with Crippen LogP contribution < -0.4 is 0 Å². The summed E-state index contributed by atoms with van der Waals surface area (Å²) in [6.07, 6.45) is 0. The summed E-state index contributed by atoms with van der Waals surface area (Å²) in [5, 5.41) is 0. The zero-order chi connectivity index (χ0) is 15.5. The number of hydrogen-bond acceptors (Lipinski definition) is 2. The van der Waals surface area contributed by atoms with Crippen LogP contribution in [0, 0.1) is 11.6 Å². The molecular weight excluding hydrogens is 296 g/mol. The van der Waals surface area contributed by atoms with Gasteiger partial charge in [0.1, 0.15) is 11.6 Å². The molecule has 0 aliphatic carbocycles. The maximum absolute atomic E-state index is 13.7. The minimum atomic E-state index is -4.23. The lowest BCUT2D eigenvalue weighted by molar-refractivity contribution is 0.412. The van der Waals surface area contributed by atoms with Gasteiger partial charge in [0, 0.05) is 13.1 Å². The Kier molecular flexibility index (Phi) is 4.69. The zero-order valence-electron chi connectivity index (χ0n) is 11.5. The first kappa shape index (κ1) is 15.6. The van der Waals surface area contributed by atoms with Gasteiger partial charge in [0.25, 0.3) is 0 Å². The van der Waals surface area contributed by atoms with Gasteiger partial charge < -0.3 is 0 Å². The zero-order valence-corrected chi connectivity index (χ0v) is 12.3. The molecule has 3 nitrogen and oxygen atoms in total. The number of rotatable bonds is 5. The quantitative estimate of drug-likeness (QED) is 0.850. The normalized spacial score (nSPS) is 11.8. The standard InChI is InChI=1S/C15H15F2NO2S/c1-2-18(11-12-7-4-3-5-8-12)21(19,20)15-13(16)9-6-10-14(15)17/h3-10H,2,11H2,1H3. The molecule has 0 amide bonds. The van der Waals surface area contributed by atoms with Crippen LogP contribution in [0.25, 0.3) is 0 Å². The minimum Gasteiger partial charge on any atom is -0.207 e. The second kappa shape index (κ2) is 6.32. The van der Waals surface area contributed by atoms with E-state index in [2.05, 4.69) is 0 Å². The van der Waals surface area contributed by atoms with Crippen molar-refractivity contribution >= 4 is 10.0 Å². The molecule has 21 heavy (non-hydrogen) atoms. The van der Waals surface area contributed by atoms with Gasteiger partial charge in [-0.15, -0.1) is 0 Å². The first-order valence-corrected chi connectivity index (χ1v) is 7.89. The second-order valence-electron chi connectivity index (χ2n) is 4.47. The Labute approximate surface area is 122 Å². The van der Waals surface area contributed by atoms with Crippen LogP contribution in [-0.2, 0) is 16.6 Å². The van der Waals surface area contributed by atoms with E-state index in [1.807, 2.05) is 6.07 Å². The van der Waals surface area contributed by atoms with E-state index in [-0.39, 0.29) is 13.1 Å². The summed E-state index contributed by atoms with van der Waals surface area (Å²) < 4.78 is 53.4. The third-order valence-corrected chi connectivity index (χ3v) is 5.04. The highest BCUT2D eigenvalue weighted by Crippen LogP contribution is 2.23. The molecule has 0 fully saturated rings. The fourth-order valence-corrected chi connectivity index (χ4v) is 3.56. The topological polar surface area (TPSA) is 37.4 Å². The van der Waals surface area contributed by atoms with Gasteiger partial charge in [0.2, 0.25) is 10.0 Å². The maximum Gasteiger partial charge on any atom is 0.249 e. The Balaban J connectivity index is 2.41. The lowest BCUT2D eigenvalue weighted by Gasteiger charge is -2.21. The van der Waals surface area contributed by atoms with Crippen molar-refractivity contribution in [2.75, 3.05) is 6.54 Å². The monoisotopic (exact) mass is 311 g/mol. The van der Waals surface area contributed by atoms with Gasteiger partial charge in [-0.1, -0.05) is 43.3 Å². The van der Waals surface area contributed by atoms with E-state index in [9.17, 15) is 17.2 Å². The molecule has 0 atom stereocenters. The van der Waals surface area contributed by atoms with Crippen molar-refractivity contribution in [3.63, 3.8) is 0 Å². The highest BCUT2D eigenvalue weighted by molar-refractivity contribution is 7.89. The summed E-state index contributed by atoms with van der Waals surface area (Å²) in [7, 11) is -4.23. The summed E-state index contributed by atoms with van der Waals surface area (Å²) in [5.41, 5.74) is 0.750. The predicted molar refractivity (Wildman–Crippen MR) is 76.1 cm³/mol. The summed E-state index contributed by atoms with van der Waals surface area (Å²) in [4.78, 5) is -0.900. The summed E-state index contributed by atoms with van der Waals surface area (Å²) >= 11 is 0. The number of sulfonamides is 1. The molecule has 0 aromatic heterocycles. The molecular formula is C15H15F2NO2S. The molecule has 0 unspecified atom stereocenters. The molecule has 0 aliphatic rings. The molecule has 6 heteroatoms. The van der Waals surface area contributed by atoms with Crippen molar-refractivity contribution in [3.05, 3.63) is 65.7 Å². The van der Waals surface area contributed by atoms with Gasteiger partial charge in [0.05, 0.1) is 0 Å². The molecule has 112 valence electrons. The molecule has 0 spiro atoms. The van der Waals surface area contributed by atoms with Crippen LogP contribution in [-0.4, -0.2) is 19.3 Å². The lowest BCUT2D eigenvalue weighted by atomic mass is 10.2. The summed E-state index contributed by atoms with van der Waals surface area (Å²) in [6.45, 7) is 1.80. The average molecular weight is 311 g/mol. The molecule has 2 rings (SSSR count). The van der Waals surface area contributed by atoms with E-state index in [4.69, 9.17) is 0 Å². The molecule has 0 N–H and O–H groups in total. The van der Waals surface area contributed by atoms with E-state index >= 15 is 0 Å². The molecule has 0 bridgehead atoms. The van der Waals surface area contributed by atoms with Crippen LogP contribution in [0.15, 0.2) is 53.4 Å². The number of hydrogen-bond donors (Lipinski definition) is 0. The fraction of sp³-hybridized carbons (Fsp3) is 0.200. The molecule has 0 heterocycles. The Morgan fingerprint density at radius 2 is 1.52 bits per heavy atom. The van der Waals surface area contributed by atoms with Crippen LogP contribution in [0.4, 0.5) is 8.78 Å². The summed E-state index contributed by atoms with van der Waals surface area (Å²) in [6, 6.07) is 11.9. The first-order valence-electron chi connectivity index (χ1n) is 6.45. The van der Waals surface area contributed by atoms with Gasteiger partial charge >= 0.3 is 0 Å². The second-order valence-corrected chi connectivity index (χ2v) is 6.34. The molecule has 2 aromatic rings. The first-order chi connectivity index (χ1) is 9.96. The Morgan fingerprint density at radius 3 is 2.05 bits per heavy atom. The van der Waals surface area contributed by atoms with Crippen molar-refractivity contribution in [2.45, 2.75) is 18.4 Å². The van der Waals surface area contributed by atoms with Crippen molar-refractivity contribution in [1.82, 2.24) is 4.31 Å². The van der Waals surface area contributed by atoms with Gasteiger partial charge in [-0.25, -0.2) is 17.2 Å². The van der Waals surface area contributed by atoms with E-state index in [1.54, 1.807) is 31.2 Å². The van der Waals surface area contributed by atoms with Crippen molar-refractivity contribution in [1.29, 1.82) is 0 Å². The molecule has 0 saturated carbocycles. The maximum atomic E-state index is 13.7. The largest absolute Gasteiger partial charge is 0.249 e. The van der Waals surface area contributed by atoms with E-state index in [0.717, 1.165) is 28.1 Å². The van der Waals surface area contributed by atoms with Crippen LogP contribution in [0.2, 0.25) is 0 Å². The van der Waals surface area contributed by atoms with Crippen molar-refractivity contribution in [3.8, 4) is 0 Å². The molecule has 2 aromatic carbocycles. The predicted octanol–water partition coefficient (Wildman–Crippen LogP) is 3.18. The highest BCUT2D eigenvalue weighted by atomic mass is 32.2. The third-order valence-electron chi connectivity index (χ3n) is 3.07. The molecule has 0 saturated heterocycles. The van der Waals surface area contributed by atoms with Crippen molar-refractivity contribution < 1.29 is 17.2 Å². The fourth-order valence-electron chi connectivity index (χ4n) is 2.01. The number of halogens is 2. The smallest absolute Gasteiger partial charge is 0.207 e. The number of nitrogens with zero attached hydrogens (tertiary/aromatic N) is 1. The Bertz CT molecular complexity index is 697. The number of benzene rings is 2. The van der Waals surface area contributed by atoms with E-state index in [0.29, 0.717) is 0 Å². The highest BCUT2D eigenvalue weighted by Gasteiger charge is 2.29.